The highest BCUT2D eigenvalue weighted by Gasteiger charge is 2.11. The lowest BCUT2D eigenvalue weighted by atomic mass is 10.1. The van der Waals surface area contributed by atoms with Gasteiger partial charge >= 0.3 is 0 Å². The summed E-state index contributed by atoms with van der Waals surface area (Å²) in [5.74, 6) is 0.579. The maximum atomic E-state index is 12.8. The summed E-state index contributed by atoms with van der Waals surface area (Å²) in [7, 11) is 3.07. The van der Waals surface area contributed by atoms with Crippen LogP contribution in [-0.4, -0.2) is 37.1 Å². The average molecular weight is 440 g/mol. The highest BCUT2D eigenvalue weighted by molar-refractivity contribution is 7.09. The van der Waals surface area contributed by atoms with Crippen molar-refractivity contribution in [3.63, 3.8) is 0 Å². The van der Waals surface area contributed by atoms with Crippen molar-refractivity contribution in [3.05, 3.63) is 75.0 Å². The van der Waals surface area contributed by atoms with Crippen LogP contribution in [0.15, 0.2) is 53.7 Å². The zero-order valence-electron chi connectivity index (χ0n) is 18.0. The normalized spacial score (nSPS) is 11.3. The van der Waals surface area contributed by atoms with Crippen LogP contribution in [0, 0.1) is 6.92 Å². The van der Waals surface area contributed by atoms with Gasteiger partial charge in [-0.1, -0.05) is 12.1 Å². The number of benzene rings is 2. The first-order valence-electron chi connectivity index (χ1n) is 9.80. The molecule has 31 heavy (non-hydrogen) atoms. The van der Waals surface area contributed by atoms with Crippen molar-refractivity contribution < 1.29 is 19.1 Å². The quantitative estimate of drug-likeness (QED) is 0.612. The molecule has 2 aromatic carbocycles. The maximum absolute atomic E-state index is 12.8. The number of carbonyl (C=O) groups is 2. The fraction of sp³-hybridized carbons (Fsp3) is 0.261. The van der Waals surface area contributed by atoms with Crippen molar-refractivity contribution in [1.82, 2.24) is 9.88 Å². The fourth-order valence-corrected chi connectivity index (χ4v) is 3.88. The third-order valence-electron chi connectivity index (χ3n) is 4.57. The minimum absolute atomic E-state index is 0.0933. The molecule has 0 aliphatic heterocycles. The molecular weight excluding hydrogens is 414 g/mol. The number of hydrogen-bond acceptors (Lipinski definition) is 5. The van der Waals surface area contributed by atoms with Crippen molar-refractivity contribution in [3.8, 4) is 11.5 Å². The molecule has 0 aliphatic rings. The van der Waals surface area contributed by atoms with Gasteiger partial charge in [-0.2, -0.15) is 4.99 Å². The Morgan fingerprint density at radius 3 is 2.35 bits per heavy atom. The molecule has 0 aliphatic carbocycles. The van der Waals surface area contributed by atoms with Crippen molar-refractivity contribution in [1.29, 1.82) is 0 Å². The Bertz CT molecular complexity index is 1150. The SMILES string of the molecule is CCNC(=O)c1ccc(Cn2cc(C)sc2=NC(=O)c2ccc(OC)c(OC)c2)cc1. The van der Waals surface area contributed by atoms with E-state index in [1.54, 1.807) is 37.4 Å². The van der Waals surface area contributed by atoms with E-state index in [0.29, 0.717) is 40.5 Å². The Hall–Kier alpha value is -3.39. The van der Waals surface area contributed by atoms with Gasteiger partial charge in [0.2, 0.25) is 0 Å². The number of hydrogen-bond donors (Lipinski definition) is 1. The second-order valence-corrected chi connectivity index (χ2v) is 8.01. The highest BCUT2D eigenvalue weighted by Crippen LogP contribution is 2.27. The summed E-state index contributed by atoms with van der Waals surface area (Å²) < 4.78 is 12.4. The van der Waals surface area contributed by atoms with Crippen LogP contribution in [0.25, 0.3) is 0 Å². The van der Waals surface area contributed by atoms with Crippen LogP contribution in [0.5, 0.6) is 11.5 Å². The molecule has 0 spiro atoms. The Morgan fingerprint density at radius 1 is 1.03 bits per heavy atom. The van der Waals surface area contributed by atoms with Gasteiger partial charge < -0.3 is 19.4 Å². The number of nitrogens with zero attached hydrogens (tertiary/aromatic N) is 2. The lowest BCUT2D eigenvalue weighted by molar-refractivity contribution is 0.0954. The molecule has 3 aromatic rings. The summed E-state index contributed by atoms with van der Waals surface area (Å²) in [4.78, 5) is 30.7. The fourth-order valence-electron chi connectivity index (χ4n) is 3.05. The van der Waals surface area contributed by atoms with Crippen LogP contribution in [-0.2, 0) is 6.54 Å². The topological polar surface area (TPSA) is 81.9 Å². The number of nitrogens with one attached hydrogen (secondary N) is 1. The minimum Gasteiger partial charge on any atom is -0.493 e. The first kappa shape index (κ1) is 22.3. The van der Waals surface area contributed by atoms with E-state index in [0.717, 1.165) is 10.4 Å². The van der Waals surface area contributed by atoms with Gasteiger partial charge in [-0.05, 0) is 49.7 Å². The van der Waals surface area contributed by atoms with E-state index in [4.69, 9.17) is 9.47 Å². The average Bonchev–Trinajstić information content (AvgIpc) is 3.12. The lowest BCUT2D eigenvalue weighted by Gasteiger charge is -2.08. The monoisotopic (exact) mass is 439 g/mol. The Labute approximate surface area is 185 Å². The Morgan fingerprint density at radius 2 is 1.71 bits per heavy atom. The van der Waals surface area contributed by atoms with Crippen LogP contribution in [0.3, 0.4) is 0 Å². The largest absolute Gasteiger partial charge is 0.493 e. The van der Waals surface area contributed by atoms with Crippen molar-refractivity contribution in [2.24, 2.45) is 4.99 Å². The predicted octanol–water partition coefficient (Wildman–Crippen LogP) is 3.41. The second kappa shape index (κ2) is 10.1. The summed E-state index contributed by atoms with van der Waals surface area (Å²) >= 11 is 1.44. The van der Waals surface area contributed by atoms with Gasteiger partial charge in [-0.3, -0.25) is 9.59 Å². The molecule has 1 aromatic heterocycles. The van der Waals surface area contributed by atoms with Gasteiger partial charge in [-0.15, -0.1) is 11.3 Å². The standard InChI is InChI=1S/C23H25N3O4S/c1-5-24-21(27)17-8-6-16(7-9-17)14-26-13-15(2)31-23(26)25-22(28)18-10-11-19(29-3)20(12-18)30-4/h6-13H,5,14H2,1-4H3,(H,24,27). The number of thiazole rings is 1. The number of ether oxygens (including phenoxy) is 2. The molecule has 0 fully saturated rings. The first-order chi connectivity index (χ1) is 14.9. The molecular formula is C23H25N3O4S. The van der Waals surface area contributed by atoms with E-state index in [9.17, 15) is 9.59 Å². The maximum Gasteiger partial charge on any atom is 0.279 e. The molecule has 0 atom stereocenters. The number of methoxy groups -OCH3 is 2. The molecule has 162 valence electrons. The molecule has 8 heteroatoms. The number of amides is 2. The Balaban J connectivity index is 1.85. The van der Waals surface area contributed by atoms with Crippen LogP contribution in [0.2, 0.25) is 0 Å². The Kier molecular flexibility index (Phi) is 7.25. The number of aromatic nitrogens is 1. The summed E-state index contributed by atoms with van der Waals surface area (Å²) in [5.41, 5.74) is 2.04. The zero-order chi connectivity index (χ0) is 22.4. The molecule has 0 bridgehead atoms. The number of carbonyl (C=O) groups excluding carboxylic acids is 2. The molecule has 2 amide bonds. The summed E-state index contributed by atoms with van der Waals surface area (Å²) in [6.07, 6.45) is 1.96. The van der Waals surface area contributed by atoms with Gasteiger partial charge in [0.25, 0.3) is 11.8 Å². The molecule has 0 unspecified atom stereocenters. The molecule has 0 radical (unpaired) electrons. The van der Waals surface area contributed by atoms with Crippen LogP contribution in [0.4, 0.5) is 0 Å². The molecule has 1 N–H and O–H groups in total. The third-order valence-corrected chi connectivity index (χ3v) is 5.51. The van der Waals surface area contributed by atoms with E-state index in [1.807, 2.05) is 36.7 Å². The zero-order valence-corrected chi connectivity index (χ0v) is 18.8. The molecule has 3 rings (SSSR count). The van der Waals surface area contributed by atoms with E-state index in [1.165, 1.54) is 18.4 Å². The van der Waals surface area contributed by atoms with Gasteiger partial charge in [0.1, 0.15) is 0 Å². The van der Waals surface area contributed by atoms with E-state index < -0.39 is 0 Å². The van der Waals surface area contributed by atoms with E-state index in [-0.39, 0.29) is 11.8 Å². The van der Waals surface area contributed by atoms with Crippen molar-refractivity contribution in [2.75, 3.05) is 20.8 Å². The third kappa shape index (κ3) is 5.40. The summed E-state index contributed by atoms with van der Waals surface area (Å²) in [5, 5.41) is 2.78. The summed E-state index contributed by atoms with van der Waals surface area (Å²) in [6.45, 7) is 4.98. The van der Waals surface area contributed by atoms with Crippen LogP contribution in [0.1, 0.15) is 38.1 Å². The molecule has 1 heterocycles. The molecule has 0 saturated heterocycles. The highest BCUT2D eigenvalue weighted by atomic mass is 32.1. The minimum atomic E-state index is -0.358. The van der Waals surface area contributed by atoms with Crippen LogP contribution < -0.4 is 19.6 Å². The number of rotatable bonds is 7. The molecule has 0 saturated carbocycles. The van der Waals surface area contributed by atoms with Gasteiger partial charge in [0.15, 0.2) is 16.3 Å². The van der Waals surface area contributed by atoms with Gasteiger partial charge in [0.05, 0.1) is 14.2 Å². The van der Waals surface area contributed by atoms with Crippen molar-refractivity contribution in [2.45, 2.75) is 20.4 Å². The lowest BCUT2D eigenvalue weighted by Crippen LogP contribution is -2.22. The summed E-state index contributed by atoms with van der Waals surface area (Å²) in [6, 6.07) is 12.4. The van der Waals surface area contributed by atoms with Crippen LogP contribution >= 0.6 is 11.3 Å². The second-order valence-electron chi connectivity index (χ2n) is 6.80. The van der Waals surface area contributed by atoms with Crippen molar-refractivity contribution >= 4 is 23.2 Å². The first-order valence-corrected chi connectivity index (χ1v) is 10.6. The van der Waals surface area contributed by atoms with Gasteiger partial charge in [0, 0.05) is 35.3 Å². The molecule has 7 nitrogen and oxygen atoms in total. The number of aryl methyl sites for hydroxylation is 1. The van der Waals surface area contributed by atoms with E-state index >= 15 is 0 Å². The predicted molar refractivity (Wildman–Crippen MR) is 120 cm³/mol. The smallest absolute Gasteiger partial charge is 0.279 e. The van der Waals surface area contributed by atoms with Gasteiger partial charge in [-0.25, -0.2) is 0 Å². The van der Waals surface area contributed by atoms with E-state index in [2.05, 4.69) is 10.3 Å².